The van der Waals surface area contributed by atoms with E-state index in [9.17, 15) is 9.90 Å². The van der Waals surface area contributed by atoms with E-state index in [4.69, 9.17) is 16.3 Å². The Hall–Kier alpha value is -2.04. The summed E-state index contributed by atoms with van der Waals surface area (Å²) in [5.41, 5.74) is 0.382. The van der Waals surface area contributed by atoms with Gasteiger partial charge in [0.05, 0.1) is 7.11 Å². The van der Waals surface area contributed by atoms with Gasteiger partial charge in [-0.25, -0.2) is 0 Å². The number of halogens is 1. The standard InChI is InChI=1S/C16H14ClNO3/c1-9-4-3-5-13(21-2)14(9)16(20)11-8-10(17)6-7-12(11)18-15(16)19/h3-8,20H,1-2H3,(H,18,19). The lowest BCUT2D eigenvalue weighted by Crippen LogP contribution is -2.36. The number of methoxy groups -OCH3 is 1. The second-order valence-electron chi connectivity index (χ2n) is 5.01. The van der Waals surface area contributed by atoms with Gasteiger partial charge in [-0.3, -0.25) is 4.79 Å². The highest BCUT2D eigenvalue weighted by atomic mass is 35.5. The molecule has 3 rings (SSSR count). The molecule has 21 heavy (non-hydrogen) atoms. The van der Waals surface area contributed by atoms with E-state index in [1.807, 2.05) is 19.1 Å². The zero-order valence-corrected chi connectivity index (χ0v) is 12.4. The summed E-state index contributed by atoms with van der Waals surface area (Å²) in [5, 5.41) is 14.3. The molecule has 2 aromatic rings. The number of benzene rings is 2. The summed E-state index contributed by atoms with van der Waals surface area (Å²) in [5.74, 6) is -0.0483. The average Bonchev–Trinajstić information content (AvgIpc) is 2.71. The van der Waals surface area contributed by atoms with Crippen LogP contribution in [-0.4, -0.2) is 18.1 Å². The minimum absolute atomic E-state index is 0.436. The third kappa shape index (κ3) is 1.91. The van der Waals surface area contributed by atoms with Crippen LogP contribution in [0.1, 0.15) is 16.7 Å². The Bertz CT molecular complexity index is 744. The quantitative estimate of drug-likeness (QED) is 0.897. The third-order valence-electron chi connectivity index (χ3n) is 3.76. The number of carbonyl (C=O) groups is 1. The molecule has 1 amide bonds. The maximum Gasteiger partial charge on any atom is 0.266 e. The molecule has 0 bridgehead atoms. The lowest BCUT2D eigenvalue weighted by Gasteiger charge is -2.25. The number of rotatable bonds is 2. The summed E-state index contributed by atoms with van der Waals surface area (Å²) in [6, 6.07) is 10.3. The molecule has 4 nitrogen and oxygen atoms in total. The second-order valence-corrected chi connectivity index (χ2v) is 5.44. The van der Waals surface area contributed by atoms with Gasteiger partial charge < -0.3 is 15.2 Å². The monoisotopic (exact) mass is 303 g/mol. The Morgan fingerprint density at radius 1 is 1.29 bits per heavy atom. The molecular weight excluding hydrogens is 290 g/mol. The number of aryl methyl sites for hydroxylation is 1. The summed E-state index contributed by atoms with van der Waals surface area (Å²) in [6.45, 7) is 1.83. The average molecular weight is 304 g/mol. The minimum Gasteiger partial charge on any atom is -0.496 e. The fourth-order valence-corrected chi connectivity index (χ4v) is 2.95. The van der Waals surface area contributed by atoms with Crippen molar-refractivity contribution >= 4 is 23.2 Å². The Labute approximate surface area is 127 Å². The molecule has 0 radical (unpaired) electrons. The molecule has 0 spiro atoms. The molecule has 2 aromatic carbocycles. The van der Waals surface area contributed by atoms with Gasteiger partial charge in [0.1, 0.15) is 5.75 Å². The number of aliphatic hydroxyl groups is 1. The van der Waals surface area contributed by atoms with Crippen molar-refractivity contribution in [1.29, 1.82) is 0 Å². The van der Waals surface area contributed by atoms with E-state index in [-0.39, 0.29) is 0 Å². The van der Waals surface area contributed by atoms with E-state index in [0.717, 1.165) is 5.56 Å². The van der Waals surface area contributed by atoms with Crippen molar-refractivity contribution in [2.75, 3.05) is 12.4 Å². The van der Waals surface area contributed by atoms with Crippen LogP contribution in [0.25, 0.3) is 0 Å². The summed E-state index contributed by atoms with van der Waals surface area (Å²) in [7, 11) is 1.51. The highest BCUT2D eigenvalue weighted by Gasteiger charge is 2.49. The van der Waals surface area contributed by atoms with Crippen LogP contribution in [-0.2, 0) is 10.4 Å². The summed E-state index contributed by atoms with van der Waals surface area (Å²) >= 11 is 6.02. The summed E-state index contributed by atoms with van der Waals surface area (Å²) < 4.78 is 5.32. The number of nitrogens with one attached hydrogen (secondary N) is 1. The molecular formula is C16H14ClNO3. The van der Waals surface area contributed by atoms with Crippen molar-refractivity contribution in [2.24, 2.45) is 0 Å². The molecule has 0 aliphatic carbocycles. The fourth-order valence-electron chi connectivity index (χ4n) is 2.78. The number of fused-ring (bicyclic) bond motifs is 1. The van der Waals surface area contributed by atoms with E-state index in [1.165, 1.54) is 7.11 Å². The molecule has 108 valence electrons. The lowest BCUT2D eigenvalue weighted by molar-refractivity contribution is -0.129. The molecule has 1 atom stereocenters. The molecule has 1 aliphatic rings. The first-order valence-electron chi connectivity index (χ1n) is 6.46. The number of hydrogen-bond acceptors (Lipinski definition) is 3. The topological polar surface area (TPSA) is 58.6 Å². The van der Waals surface area contributed by atoms with Crippen molar-refractivity contribution in [3.05, 3.63) is 58.1 Å². The smallest absolute Gasteiger partial charge is 0.266 e. The van der Waals surface area contributed by atoms with Crippen molar-refractivity contribution in [1.82, 2.24) is 0 Å². The Balaban J connectivity index is 2.32. The molecule has 0 fully saturated rings. The lowest BCUT2D eigenvalue weighted by atomic mass is 9.84. The predicted molar refractivity (Wildman–Crippen MR) is 80.8 cm³/mol. The van der Waals surface area contributed by atoms with Crippen LogP contribution in [0.4, 0.5) is 5.69 Å². The largest absolute Gasteiger partial charge is 0.496 e. The highest BCUT2D eigenvalue weighted by Crippen LogP contribution is 2.46. The van der Waals surface area contributed by atoms with Gasteiger partial charge in [0.25, 0.3) is 5.91 Å². The molecule has 2 N–H and O–H groups in total. The van der Waals surface area contributed by atoms with Gasteiger partial charge in [0.15, 0.2) is 5.60 Å². The molecule has 1 unspecified atom stereocenters. The Morgan fingerprint density at radius 3 is 2.76 bits per heavy atom. The van der Waals surface area contributed by atoms with Gasteiger partial charge in [-0.15, -0.1) is 0 Å². The number of carbonyl (C=O) groups excluding carboxylic acids is 1. The first-order valence-corrected chi connectivity index (χ1v) is 6.84. The van der Waals surface area contributed by atoms with Crippen LogP contribution in [0.2, 0.25) is 5.02 Å². The van der Waals surface area contributed by atoms with Crippen LogP contribution in [0.5, 0.6) is 5.75 Å². The van der Waals surface area contributed by atoms with E-state index in [2.05, 4.69) is 5.32 Å². The maximum absolute atomic E-state index is 12.4. The number of amides is 1. The molecule has 0 saturated heterocycles. The summed E-state index contributed by atoms with van der Waals surface area (Å²) in [4.78, 5) is 12.4. The fraction of sp³-hybridized carbons (Fsp3) is 0.188. The van der Waals surface area contributed by atoms with Gasteiger partial charge in [0.2, 0.25) is 0 Å². The Kier molecular flexibility index (Phi) is 3.15. The van der Waals surface area contributed by atoms with Crippen LogP contribution < -0.4 is 10.1 Å². The summed E-state index contributed by atoms with van der Waals surface area (Å²) in [6.07, 6.45) is 0. The zero-order chi connectivity index (χ0) is 15.2. The SMILES string of the molecule is COc1cccc(C)c1C1(O)C(=O)Nc2ccc(Cl)cc21. The first-order chi connectivity index (χ1) is 9.98. The van der Waals surface area contributed by atoms with Gasteiger partial charge in [0, 0.05) is 21.8 Å². The van der Waals surface area contributed by atoms with Gasteiger partial charge >= 0.3 is 0 Å². The van der Waals surface area contributed by atoms with Gasteiger partial charge in [-0.05, 0) is 36.8 Å². The number of ether oxygens (including phenoxy) is 1. The molecule has 0 saturated carbocycles. The molecule has 5 heteroatoms. The molecule has 1 aliphatic heterocycles. The van der Waals surface area contributed by atoms with E-state index in [0.29, 0.717) is 27.6 Å². The maximum atomic E-state index is 12.4. The van der Waals surface area contributed by atoms with Crippen LogP contribution in [0.15, 0.2) is 36.4 Å². The second kappa shape index (κ2) is 4.76. The highest BCUT2D eigenvalue weighted by molar-refractivity contribution is 6.31. The van der Waals surface area contributed by atoms with Crippen molar-refractivity contribution in [2.45, 2.75) is 12.5 Å². The number of hydrogen-bond donors (Lipinski definition) is 2. The van der Waals surface area contributed by atoms with E-state index in [1.54, 1.807) is 24.3 Å². The molecule has 0 aromatic heterocycles. The molecule has 1 heterocycles. The van der Waals surface area contributed by atoms with E-state index >= 15 is 0 Å². The van der Waals surface area contributed by atoms with Crippen LogP contribution in [0, 0.1) is 6.92 Å². The third-order valence-corrected chi connectivity index (χ3v) is 4.00. The van der Waals surface area contributed by atoms with Crippen LogP contribution >= 0.6 is 11.6 Å². The van der Waals surface area contributed by atoms with Gasteiger partial charge in [-0.1, -0.05) is 23.7 Å². The van der Waals surface area contributed by atoms with Crippen LogP contribution in [0.3, 0.4) is 0 Å². The minimum atomic E-state index is -1.81. The van der Waals surface area contributed by atoms with Crippen molar-refractivity contribution in [3.8, 4) is 5.75 Å². The van der Waals surface area contributed by atoms with Gasteiger partial charge in [-0.2, -0.15) is 0 Å². The van der Waals surface area contributed by atoms with Crippen molar-refractivity contribution in [3.63, 3.8) is 0 Å². The predicted octanol–water partition coefficient (Wildman–Crippen LogP) is 2.85. The van der Waals surface area contributed by atoms with E-state index < -0.39 is 11.5 Å². The first kappa shape index (κ1) is 13.9. The normalized spacial score (nSPS) is 20.1. The van der Waals surface area contributed by atoms with Crippen molar-refractivity contribution < 1.29 is 14.6 Å². The number of anilines is 1. The zero-order valence-electron chi connectivity index (χ0n) is 11.6. The Morgan fingerprint density at radius 2 is 2.05 bits per heavy atom.